The maximum absolute atomic E-state index is 6.07. The van der Waals surface area contributed by atoms with Gasteiger partial charge in [-0.15, -0.1) is 0 Å². The van der Waals surface area contributed by atoms with Crippen LogP contribution in [0.25, 0.3) is 11.3 Å². The standard InChI is InChI=1S/C15H20N4/c1-9(2)10-3-5-11(6-4-10)13-14(16)19(17)15(18-13)12-7-8-12/h3-6,9,12H,7-8,16-17H2,1-2H3. The highest BCUT2D eigenvalue weighted by atomic mass is 15.4. The van der Waals surface area contributed by atoms with E-state index >= 15 is 0 Å². The summed E-state index contributed by atoms with van der Waals surface area (Å²) in [6, 6.07) is 8.41. The van der Waals surface area contributed by atoms with Crippen molar-refractivity contribution in [2.45, 2.75) is 38.5 Å². The van der Waals surface area contributed by atoms with Gasteiger partial charge in [0.05, 0.1) is 0 Å². The fourth-order valence-corrected chi connectivity index (χ4v) is 2.33. The Hall–Kier alpha value is -1.97. The van der Waals surface area contributed by atoms with Gasteiger partial charge in [-0.3, -0.25) is 0 Å². The number of anilines is 1. The molecule has 0 aliphatic heterocycles. The smallest absolute Gasteiger partial charge is 0.150 e. The summed E-state index contributed by atoms with van der Waals surface area (Å²) in [5.41, 5.74) is 9.23. The third-order valence-corrected chi connectivity index (χ3v) is 3.77. The number of nitrogens with zero attached hydrogens (tertiary/aromatic N) is 2. The zero-order valence-corrected chi connectivity index (χ0v) is 11.4. The van der Waals surface area contributed by atoms with Gasteiger partial charge in [0.1, 0.15) is 11.5 Å². The topological polar surface area (TPSA) is 69.9 Å². The Labute approximate surface area is 113 Å². The first-order valence-electron chi connectivity index (χ1n) is 6.81. The number of nitrogens with two attached hydrogens (primary N) is 2. The molecule has 1 heterocycles. The molecule has 1 aromatic heterocycles. The molecule has 4 nitrogen and oxygen atoms in total. The molecule has 0 bridgehead atoms. The zero-order valence-electron chi connectivity index (χ0n) is 11.4. The van der Waals surface area contributed by atoms with Crippen molar-refractivity contribution < 1.29 is 0 Å². The average Bonchev–Trinajstić information content (AvgIpc) is 3.19. The van der Waals surface area contributed by atoms with Gasteiger partial charge in [0, 0.05) is 11.5 Å². The summed E-state index contributed by atoms with van der Waals surface area (Å²) in [6.45, 7) is 4.37. The number of hydrogen-bond acceptors (Lipinski definition) is 3. The van der Waals surface area contributed by atoms with E-state index < -0.39 is 0 Å². The molecule has 100 valence electrons. The average molecular weight is 256 g/mol. The van der Waals surface area contributed by atoms with Crippen LogP contribution in [0.5, 0.6) is 0 Å². The van der Waals surface area contributed by atoms with E-state index in [4.69, 9.17) is 11.6 Å². The highest BCUT2D eigenvalue weighted by Gasteiger charge is 2.30. The highest BCUT2D eigenvalue weighted by molar-refractivity contribution is 5.71. The molecule has 3 rings (SSSR count). The van der Waals surface area contributed by atoms with Crippen LogP contribution in [0.3, 0.4) is 0 Å². The van der Waals surface area contributed by atoms with Gasteiger partial charge < -0.3 is 11.6 Å². The van der Waals surface area contributed by atoms with Gasteiger partial charge in [-0.1, -0.05) is 38.1 Å². The van der Waals surface area contributed by atoms with Crippen LogP contribution in [0.4, 0.5) is 5.82 Å². The second-order valence-electron chi connectivity index (χ2n) is 5.62. The Morgan fingerprint density at radius 1 is 1.21 bits per heavy atom. The predicted octanol–water partition coefficient (Wildman–Crippen LogP) is 2.85. The van der Waals surface area contributed by atoms with Crippen LogP contribution in [-0.2, 0) is 0 Å². The van der Waals surface area contributed by atoms with Crippen molar-refractivity contribution in [2.24, 2.45) is 0 Å². The molecule has 19 heavy (non-hydrogen) atoms. The van der Waals surface area contributed by atoms with Gasteiger partial charge in [0.2, 0.25) is 0 Å². The van der Waals surface area contributed by atoms with Crippen molar-refractivity contribution in [3.05, 3.63) is 35.7 Å². The van der Waals surface area contributed by atoms with Gasteiger partial charge in [-0.05, 0) is 24.3 Å². The number of aromatic nitrogens is 2. The SMILES string of the molecule is CC(C)c1ccc(-c2nc(C3CC3)n(N)c2N)cc1. The number of imidazole rings is 1. The quantitative estimate of drug-likeness (QED) is 0.830. The van der Waals surface area contributed by atoms with E-state index in [9.17, 15) is 0 Å². The summed E-state index contributed by atoms with van der Waals surface area (Å²) >= 11 is 0. The number of benzene rings is 1. The summed E-state index contributed by atoms with van der Waals surface area (Å²) in [5.74, 6) is 8.49. The Morgan fingerprint density at radius 2 is 1.84 bits per heavy atom. The maximum Gasteiger partial charge on any atom is 0.150 e. The van der Waals surface area contributed by atoms with Gasteiger partial charge >= 0.3 is 0 Å². The Morgan fingerprint density at radius 3 is 2.37 bits per heavy atom. The van der Waals surface area contributed by atoms with Gasteiger partial charge in [0.25, 0.3) is 0 Å². The molecule has 1 aromatic carbocycles. The molecule has 0 unspecified atom stereocenters. The first kappa shape index (κ1) is 12.1. The summed E-state index contributed by atoms with van der Waals surface area (Å²) in [4.78, 5) is 4.63. The number of hydrogen-bond donors (Lipinski definition) is 2. The van der Waals surface area contributed by atoms with Crippen molar-refractivity contribution >= 4 is 5.82 Å². The molecule has 1 aliphatic rings. The van der Waals surface area contributed by atoms with Crippen LogP contribution in [-0.4, -0.2) is 9.66 Å². The van der Waals surface area contributed by atoms with Gasteiger partial charge in [0.15, 0.2) is 5.82 Å². The molecule has 1 aliphatic carbocycles. The number of nitrogen functional groups attached to an aromatic ring is 2. The molecule has 4 N–H and O–H groups in total. The fourth-order valence-electron chi connectivity index (χ4n) is 2.33. The van der Waals surface area contributed by atoms with Crippen LogP contribution < -0.4 is 11.6 Å². The second kappa shape index (κ2) is 4.30. The maximum atomic E-state index is 6.07. The molecule has 1 fully saturated rings. The van der Waals surface area contributed by atoms with E-state index in [-0.39, 0.29) is 0 Å². The molecule has 4 heteroatoms. The van der Waals surface area contributed by atoms with Gasteiger partial charge in [-0.25, -0.2) is 9.66 Å². The molecule has 0 radical (unpaired) electrons. The summed E-state index contributed by atoms with van der Waals surface area (Å²) in [5, 5.41) is 0. The predicted molar refractivity (Wildman–Crippen MR) is 78.3 cm³/mol. The molecule has 0 atom stereocenters. The lowest BCUT2D eigenvalue weighted by Crippen LogP contribution is -2.14. The van der Waals surface area contributed by atoms with E-state index in [1.807, 2.05) is 0 Å². The van der Waals surface area contributed by atoms with Crippen LogP contribution in [0.1, 0.15) is 49.9 Å². The van der Waals surface area contributed by atoms with E-state index in [0.29, 0.717) is 17.7 Å². The van der Waals surface area contributed by atoms with E-state index in [2.05, 4.69) is 43.1 Å². The molecule has 0 spiro atoms. The summed E-state index contributed by atoms with van der Waals surface area (Å²) in [7, 11) is 0. The fraction of sp³-hybridized carbons (Fsp3) is 0.400. The third kappa shape index (κ3) is 2.07. The van der Waals surface area contributed by atoms with Crippen LogP contribution in [0, 0.1) is 0 Å². The largest absolute Gasteiger partial charge is 0.382 e. The molecule has 0 saturated heterocycles. The molecule has 0 amide bonds. The monoisotopic (exact) mass is 256 g/mol. The Kier molecular flexibility index (Phi) is 2.73. The first-order valence-corrected chi connectivity index (χ1v) is 6.81. The lowest BCUT2D eigenvalue weighted by molar-refractivity contribution is 0.855. The molecular formula is C15H20N4. The van der Waals surface area contributed by atoms with Crippen molar-refractivity contribution in [2.75, 3.05) is 11.6 Å². The minimum atomic E-state index is 0.496. The van der Waals surface area contributed by atoms with Crippen LogP contribution in [0.2, 0.25) is 0 Å². The summed E-state index contributed by atoms with van der Waals surface area (Å²) in [6.07, 6.45) is 2.33. The van der Waals surface area contributed by atoms with E-state index in [0.717, 1.165) is 17.1 Å². The van der Waals surface area contributed by atoms with Crippen molar-refractivity contribution in [3.8, 4) is 11.3 Å². The molecular weight excluding hydrogens is 236 g/mol. The van der Waals surface area contributed by atoms with Gasteiger partial charge in [-0.2, -0.15) is 0 Å². The summed E-state index contributed by atoms with van der Waals surface area (Å²) < 4.78 is 1.54. The highest BCUT2D eigenvalue weighted by Crippen LogP contribution is 2.41. The lowest BCUT2D eigenvalue weighted by Gasteiger charge is -2.06. The molecule has 2 aromatic rings. The van der Waals surface area contributed by atoms with Crippen molar-refractivity contribution in [1.82, 2.24) is 9.66 Å². The first-order chi connectivity index (χ1) is 9.08. The second-order valence-corrected chi connectivity index (χ2v) is 5.62. The van der Waals surface area contributed by atoms with Crippen LogP contribution >= 0.6 is 0 Å². The number of rotatable bonds is 3. The lowest BCUT2D eigenvalue weighted by atomic mass is 10.0. The zero-order chi connectivity index (χ0) is 13.6. The van der Waals surface area contributed by atoms with Crippen LogP contribution in [0.15, 0.2) is 24.3 Å². The minimum absolute atomic E-state index is 0.496. The van der Waals surface area contributed by atoms with E-state index in [1.54, 1.807) is 4.68 Å². The van der Waals surface area contributed by atoms with Crippen molar-refractivity contribution in [1.29, 1.82) is 0 Å². The van der Waals surface area contributed by atoms with Crippen molar-refractivity contribution in [3.63, 3.8) is 0 Å². The Balaban J connectivity index is 1.99. The normalized spacial score (nSPS) is 15.1. The third-order valence-electron chi connectivity index (χ3n) is 3.77. The minimum Gasteiger partial charge on any atom is -0.382 e. The van der Waals surface area contributed by atoms with E-state index in [1.165, 1.54) is 18.4 Å². The Bertz CT molecular complexity index is 591. The molecule has 1 saturated carbocycles.